The molecular weight excluding hydrogens is 266 g/mol. The molecule has 1 aliphatic rings. The van der Waals surface area contributed by atoms with Crippen LogP contribution in [0.1, 0.15) is 18.4 Å². The van der Waals surface area contributed by atoms with Crippen molar-refractivity contribution in [2.75, 3.05) is 25.7 Å². The number of nitrogens with zero attached hydrogens (tertiary/aromatic N) is 3. The van der Waals surface area contributed by atoms with Crippen LogP contribution in [0, 0.1) is 0 Å². The third kappa shape index (κ3) is 2.63. The van der Waals surface area contributed by atoms with Gasteiger partial charge in [0, 0.05) is 12.2 Å². The molecule has 110 valence electrons. The van der Waals surface area contributed by atoms with Gasteiger partial charge >= 0.3 is 6.01 Å². The van der Waals surface area contributed by atoms with E-state index in [1.165, 1.54) is 0 Å². The van der Waals surface area contributed by atoms with Crippen LogP contribution in [-0.4, -0.2) is 30.7 Å². The van der Waals surface area contributed by atoms with Crippen molar-refractivity contribution in [1.82, 2.24) is 9.97 Å². The van der Waals surface area contributed by atoms with E-state index < -0.39 is 0 Å². The number of para-hydroxylation sites is 1. The van der Waals surface area contributed by atoms with Crippen molar-refractivity contribution in [3.63, 3.8) is 0 Å². The van der Waals surface area contributed by atoms with Gasteiger partial charge in [-0.2, -0.15) is 9.97 Å². The van der Waals surface area contributed by atoms with E-state index >= 15 is 0 Å². The van der Waals surface area contributed by atoms with Gasteiger partial charge in [0.2, 0.25) is 5.88 Å². The molecule has 21 heavy (non-hydrogen) atoms. The Bertz CT molecular complexity index is 616. The SMILES string of the molecule is COc1nc(OC)c2c(n1)N(c1ccccc1)CCCC2. The standard InChI is InChI=1S/C16H19N3O2/c1-20-15-13-10-6-7-11-19(12-8-4-3-5-9-12)14(13)17-16(18-15)21-2/h3-5,8-9H,6-7,10-11H2,1-2H3. The third-order valence-electron chi connectivity index (χ3n) is 3.68. The minimum atomic E-state index is 0.341. The normalized spacial score (nSPS) is 14.3. The Balaban J connectivity index is 2.14. The zero-order valence-electron chi connectivity index (χ0n) is 12.4. The molecule has 3 rings (SSSR count). The fraction of sp³-hybridized carbons (Fsp3) is 0.375. The molecule has 0 atom stereocenters. The summed E-state index contributed by atoms with van der Waals surface area (Å²) in [5, 5.41) is 0. The van der Waals surface area contributed by atoms with Gasteiger partial charge < -0.3 is 14.4 Å². The number of hydrogen-bond acceptors (Lipinski definition) is 5. The molecule has 0 N–H and O–H groups in total. The highest BCUT2D eigenvalue weighted by atomic mass is 16.5. The highest BCUT2D eigenvalue weighted by Crippen LogP contribution is 2.36. The number of fused-ring (bicyclic) bond motifs is 1. The molecule has 5 heteroatoms. The van der Waals surface area contributed by atoms with E-state index in [0.717, 1.165) is 42.9 Å². The summed E-state index contributed by atoms with van der Waals surface area (Å²) in [7, 11) is 3.21. The van der Waals surface area contributed by atoms with Gasteiger partial charge in [0.25, 0.3) is 0 Å². The summed E-state index contributed by atoms with van der Waals surface area (Å²) in [5.41, 5.74) is 2.18. The highest BCUT2D eigenvalue weighted by molar-refractivity contribution is 5.65. The minimum absolute atomic E-state index is 0.341. The molecule has 0 spiro atoms. The fourth-order valence-electron chi connectivity index (χ4n) is 2.67. The number of anilines is 2. The van der Waals surface area contributed by atoms with Gasteiger partial charge in [-0.1, -0.05) is 18.2 Å². The predicted molar refractivity (Wildman–Crippen MR) is 81.5 cm³/mol. The van der Waals surface area contributed by atoms with Gasteiger partial charge in [-0.05, 0) is 31.4 Å². The maximum absolute atomic E-state index is 5.44. The lowest BCUT2D eigenvalue weighted by molar-refractivity contribution is 0.349. The van der Waals surface area contributed by atoms with Crippen LogP contribution in [0.5, 0.6) is 11.9 Å². The number of ether oxygens (including phenoxy) is 2. The van der Waals surface area contributed by atoms with E-state index in [-0.39, 0.29) is 0 Å². The fourth-order valence-corrected chi connectivity index (χ4v) is 2.67. The molecule has 2 heterocycles. The molecule has 2 aromatic rings. The Morgan fingerprint density at radius 2 is 1.81 bits per heavy atom. The van der Waals surface area contributed by atoms with Crippen molar-refractivity contribution in [1.29, 1.82) is 0 Å². The first-order chi connectivity index (χ1) is 10.3. The van der Waals surface area contributed by atoms with Gasteiger partial charge in [0.15, 0.2) is 0 Å². The Morgan fingerprint density at radius 3 is 2.52 bits per heavy atom. The van der Waals surface area contributed by atoms with Gasteiger partial charge in [-0.25, -0.2) is 0 Å². The van der Waals surface area contributed by atoms with Crippen LogP contribution in [0.4, 0.5) is 11.5 Å². The molecule has 0 saturated carbocycles. The van der Waals surface area contributed by atoms with Crippen LogP contribution >= 0.6 is 0 Å². The number of rotatable bonds is 3. The van der Waals surface area contributed by atoms with Crippen LogP contribution in [-0.2, 0) is 6.42 Å². The molecular formula is C16H19N3O2. The molecule has 1 aliphatic heterocycles. The van der Waals surface area contributed by atoms with E-state index in [2.05, 4.69) is 27.0 Å². The van der Waals surface area contributed by atoms with Crippen molar-refractivity contribution in [3.05, 3.63) is 35.9 Å². The quantitative estimate of drug-likeness (QED) is 0.867. The van der Waals surface area contributed by atoms with E-state index in [9.17, 15) is 0 Å². The van der Waals surface area contributed by atoms with Crippen molar-refractivity contribution in [2.45, 2.75) is 19.3 Å². The van der Waals surface area contributed by atoms with E-state index in [1.54, 1.807) is 14.2 Å². The zero-order valence-corrected chi connectivity index (χ0v) is 12.4. The lowest BCUT2D eigenvalue weighted by Crippen LogP contribution is -2.20. The molecule has 1 aromatic heterocycles. The highest BCUT2D eigenvalue weighted by Gasteiger charge is 2.24. The summed E-state index contributed by atoms with van der Waals surface area (Å²) in [6, 6.07) is 10.6. The topological polar surface area (TPSA) is 47.5 Å². The van der Waals surface area contributed by atoms with Crippen molar-refractivity contribution < 1.29 is 9.47 Å². The summed E-state index contributed by atoms with van der Waals surface area (Å²) in [6.45, 7) is 0.931. The van der Waals surface area contributed by atoms with Crippen LogP contribution < -0.4 is 14.4 Å². The summed E-state index contributed by atoms with van der Waals surface area (Å²) in [6.07, 6.45) is 3.13. The van der Waals surface area contributed by atoms with Crippen molar-refractivity contribution >= 4 is 11.5 Å². The zero-order chi connectivity index (χ0) is 14.7. The third-order valence-corrected chi connectivity index (χ3v) is 3.68. The summed E-state index contributed by atoms with van der Waals surface area (Å²) < 4.78 is 10.7. The monoisotopic (exact) mass is 285 g/mol. The summed E-state index contributed by atoms with van der Waals surface area (Å²) in [4.78, 5) is 11.1. The smallest absolute Gasteiger partial charge is 0.321 e. The molecule has 5 nitrogen and oxygen atoms in total. The van der Waals surface area contributed by atoms with Gasteiger partial charge in [-0.3, -0.25) is 0 Å². The number of benzene rings is 1. The lowest BCUT2D eigenvalue weighted by atomic mass is 10.1. The van der Waals surface area contributed by atoms with Crippen molar-refractivity contribution in [2.24, 2.45) is 0 Å². The van der Waals surface area contributed by atoms with E-state index in [1.807, 2.05) is 18.2 Å². The average molecular weight is 285 g/mol. The minimum Gasteiger partial charge on any atom is -0.481 e. The van der Waals surface area contributed by atoms with Gasteiger partial charge in [0.1, 0.15) is 5.82 Å². The molecule has 1 aromatic carbocycles. The molecule has 0 radical (unpaired) electrons. The largest absolute Gasteiger partial charge is 0.481 e. The Labute approximate surface area is 124 Å². The second kappa shape index (κ2) is 5.99. The van der Waals surface area contributed by atoms with Crippen molar-refractivity contribution in [3.8, 4) is 11.9 Å². The van der Waals surface area contributed by atoms with Crippen LogP contribution in [0.2, 0.25) is 0 Å². The summed E-state index contributed by atoms with van der Waals surface area (Å²) in [5.74, 6) is 1.50. The maximum atomic E-state index is 5.44. The first kappa shape index (κ1) is 13.7. The van der Waals surface area contributed by atoms with E-state index in [4.69, 9.17) is 9.47 Å². The van der Waals surface area contributed by atoms with Crippen LogP contribution in [0.25, 0.3) is 0 Å². The predicted octanol–water partition coefficient (Wildman–Crippen LogP) is 2.97. The molecule has 0 amide bonds. The Morgan fingerprint density at radius 1 is 1.00 bits per heavy atom. The number of hydrogen-bond donors (Lipinski definition) is 0. The van der Waals surface area contributed by atoms with Crippen LogP contribution in [0.3, 0.4) is 0 Å². The molecule has 0 saturated heterocycles. The summed E-state index contributed by atoms with van der Waals surface area (Å²) >= 11 is 0. The second-order valence-corrected chi connectivity index (χ2v) is 4.97. The average Bonchev–Trinajstić information content (AvgIpc) is 2.77. The van der Waals surface area contributed by atoms with Gasteiger partial charge in [0.05, 0.1) is 19.8 Å². The van der Waals surface area contributed by atoms with E-state index in [0.29, 0.717) is 11.9 Å². The number of methoxy groups -OCH3 is 2. The molecule has 0 unspecified atom stereocenters. The molecule has 0 fully saturated rings. The van der Waals surface area contributed by atoms with Gasteiger partial charge in [-0.15, -0.1) is 0 Å². The first-order valence-electron chi connectivity index (χ1n) is 7.15. The second-order valence-electron chi connectivity index (χ2n) is 4.97. The Kier molecular flexibility index (Phi) is 3.90. The number of aromatic nitrogens is 2. The first-order valence-corrected chi connectivity index (χ1v) is 7.15. The molecule has 0 bridgehead atoms. The Hall–Kier alpha value is -2.30. The maximum Gasteiger partial charge on any atom is 0.321 e. The molecule has 0 aliphatic carbocycles. The van der Waals surface area contributed by atoms with Crippen LogP contribution in [0.15, 0.2) is 30.3 Å². The lowest BCUT2D eigenvalue weighted by Gasteiger charge is -2.24.